The van der Waals surface area contributed by atoms with Crippen molar-refractivity contribution in [1.29, 1.82) is 5.26 Å². The van der Waals surface area contributed by atoms with Gasteiger partial charge in [0.2, 0.25) is 11.0 Å². The Kier molecular flexibility index (Phi) is 7.18. The van der Waals surface area contributed by atoms with Gasteiger partial charge in [0.1, 0.15) is 11.6 Å². The van der Waals surface area contributed by atoms with Crippen LogP contribution in [0.2, 0.25) is 0 Å². The van der Waals surface area contributed by atoms with Gasteiger partial charge in [-0.1, -0.05) is 29.2 Å². The summed E-state index contributed by atoms with van der Waals surface area (Å²) in [6, 6.07) is 10.0. The lowest BCUT2D eigenvalue weighted by atomic mass is 9.78. The van der Waals surface area contributed by atoms with Crippen molar-refractivity contribution in [1.82, 2.24) is 10.2 Å². The van der Waals surface area contributed by atoms with Crippen molar-refractivity contribution in [3.05, 3.63) is 80.7 Å². The maximum atomic E-state index is 13.1. The minimum atomic E-state index is -0.688. The Bertz CT molecular complexity index is 1590. The topological polar surface area (TPSA) is 181 Å². The van der Waals surface area contributed by atoms with Gasteiger partial charge in [-0.15, -0.1) is 10.2 Å². The van der Waals surface area contributed by atoms with E-state index in [0.29, 0.717) is 57.0 Å². The molecule has 1 aromatic carbocycles. The summed E-state index contributed by atoms with van der Waals surface area (Å²) in [6.45, 7) is 1.62. The van der Waals surface area contributed by atoms with E-state index in [9.17, 15) is 25.0 Å². The van der Waals surface area contributed by atoms with E-state index in [1.807, 2.05) is 0 Å². The van der Waals surface area contributed by atoms with Crippen LogP contribution in [-0.4, -0.2) is 32.6 Å². The van der Waals surface area contributed by atoms with Gasteiger partial charge in [0, 0.05) is 35.0 Å². The Morgan fingerprint density at radius 3 is 2.92 bits per heavy atom. The smallest absolute Gasteiger partial charge is 0.274 e. The van der Waals surface area contributed by atoms with Crippen LogP contribution in [0.25, 0.3) is 0 Å². The molecule has 3 aromatic rings. The second-order valence-corrected chi connectivity index (χ2v) is 11.0. The summed E-state index contributed by atoms with van der Waals surface area (Å²) in [5, 5.41) is 32.6. The van der Waals surface area contributed by atoms with Gasteiger partial charge in [-0.25, -0.2) is 0 Å². The van der Waals surface area contributed by atoms with Crippen molar-refractivity contribution < 1.29 is 18.9 Å². The van der Waals surface area contributed by atoms with E-state index in [2.05, 4.69) is 21.6 Å². The van der Waals surface area contributed by atoms with E-state index < -0.39 is 10.8 Å². The fourth-order valence-electron chi connectivity index (χ4n) is 4.60. The molecule has 2 aliphatic rings. The molecule has 3 N–H and O–H groups in total. The lowest BCUT2D eigenvalue weighted by molar-refractivity contribution is -0.385. The predicted molar refractivity (Wildman–Crippen MR) is 144 cm³/mol. The Morgan fingerprint density at radius 2 is 2.21 bits per heavy atom. The number of nitrogens with zero attached hydrogens (tertiary/aromatic N) is 5. The molecule has 1 amide bonds. The summed E-state index contributed by atoms with van der Waals surface area (Å²) in [7, 11) is 0. The summed E-state index contributed by atoms with van der Waals surface area (Å²) >= 11 is 2.31. The zero-order valence-electron chi connectivity index (χ0n) is 20.5. The van der Waals surface area contributed by atoms with Crippen LogP contribution in [-0.2, 0) is 9.59 Å². The number of rotatable bonds is 7. The summed E-state index contributed by atoms with van der Waals surface area (Å²) in [4.78, 5) is 37.8. The Hall–Kier alpha value is -4.48. The first-order valence-electron chi connectivity index (χ1n) is 11.8. The maximum absolute atomic E-state index is 13.1. The first kappa shape index (κ1) is 26.1. The van der Waals surface area contributed by atoms with Gasteiger partial charge in [0.25, 0.3) is 5.69 Å². The molecular weight excluding hydrogens is 542 g/mol. The number of allylic oxidation sites excluding steroid dienone is 3. The molecule has 5 rings (SSSR count). The Balaban J connectivity index is 1.36. The van der Waals surface area contributed by atoms with Crippen molar-refractivity contribution in [2.45, 2.75) is 36.4 Å². The number of aromatic nitrogens is 2. The number of aryl methyl sites for hydroxylation is 1. The number of thioether (sulfide) groups is 1. The van der Waals surface area contributed by atoms with Crippen molar-refractivity contribution >= 4 is 51.3 Å². The number of carbonyl (C=O) groups is 2. The van der Waals surface area contributed by atoms with Crippen LogP contribution in [0.3, 0.4) is 0 Å². The summed E-state index contributed by atoms with van der Waals surface area (Å²) in [6.07, 6.45) is 3.04. The molecule has 1 unspecified atom stereocenters. The van der Waals surface area contributed by atoms with Crippen LogP contribution in [0.5, 0.6) is 0 Å². The number of amides is 1. The SMILES string of the molecule is Cc1ccc(NC(=O)CSc2nnc(N3C(N)=C(C#N)C(c4ccco4)C4=C3CCCC4=O)s2)cc1[N+](=O)[O-]. The molecule has 0 fully saturated rings. The molecule has 12 nitrogen and oxygen atoms in total. The number of nitro groups is 1. The van der Waals surface area contributed by atoms with Gasteiger partial charge in [-0.3, -0.25) is 24.6 Å². The number of ketones is 1. The summed E-state index contributed by atoms with van der Waals surface area (Å²) < 4.78 is 6.04. The van der Waals surface area contributed by atoms with Gasteiger partial charge in [0.15, 0.2) is 10.1 Å². The van der Waals surface area contributed by atoms with Crippen molar-refractivity contribution in [2.75, 3.05) is 16.0 Å². The number of hydrogen-bond donors (Lipinski definition) is 2. The van der Waals surface area contributed by atoms with E-state index in [0.717, 1.165) is 11.8 Å². The average molecular weight is 564 g/mol. The number of Topliss-reactive ketones (excluding diaryl/α,β-unsaturated/α-hetero) is 1. The number of nitrogens with one attached hydrogen (secondary N) is 1. The highest BCUT2D eigenvalue weighted by Gasteiger charge is 2.42. The standard InChI is InChI=1S/C25H21N7O5S2/c1-13-7-8-14(10-17(13)32(35)36)28-20(34)12-38-25-30-29-24(39-25)31-16-4-2-5-18(33)22(16)21(15(11-26)23(31)27)19-6-3-9-37-19/h3,6-10,21H,2,4-5,12,27H2,1H3,(H,28,34). The van der Waals surface area contributed by atoms with Crippen molar-refractivity contribution in [3.63, 3.8) is 0 Å². The van der Waals surface area contributed by atoms with Gasteiger partial charge in [-0.2, -0.15) is 5.26 Å². The minimum Gasteiger partial charge on any atom is -0.468 e. The van der Waals surface area contributed by atoms with E-state index in [-0.39, 0.29) is 34.5 Å². The average Bonchev–Trinajstić information content (AvgIpc) is 3.60. The third-order valence-electron chi connectivity index (χ3n) is 6.34. The molecule has 0 saturated heterocycles. The predicted octanol–water partition coefficient (Wildman–Crippen LogP) is 4.38. The third-order valence-corrected chi connectivity index (χ3v) is 8.39. The minimum absolute atomic E-state index is 0.0158. The van der Waals surface area contributed by atoms with E-state index in [4.69, 9.17) is 10.2 Å². The molecule has 3 heterocycles. The Labute approximate surface area is 230 Å². The molecular formula is C25H21N7O5S2. The van der Waals surface area contributed by atoms with Gasteiger partial charge >= 0.3 is 0 Å². The normalized spacial score (nSPS) is 17.2. The third kappa shape index (κ3) is 5.01. The number of nitriles is 1. The fraction of sp³-hybridized carbons (Fsp3) is 0.240. The zero-order chi connectivity index (χ0) is 27.7. The largest absolute Gasteiger partial charge is 0.468 e. The number of furan rings is 1. The quantitative estimate of drug-likeness (QED) is 0.236. The van der Waals surface area contributed by atoms with Gasteiger partial charge in [-0.05, 0) is 38.0 Å². The monoisotopic (exact) mass is 563 g/mol. The van der Waals surface area contributed by atoms with Crippen LogP contribution in [0, 0.1) is 28.4 Å². The molecule has 2 aromatic heterocycles. The van der Waals surface area contributed by atoms with Crippen LogP contribution in [0.4, 0.5) is 16.5 Å². The van der Waals surface area contributed by atoms with Crippen LogP contribution in [0.15, 0.2) is 68.0 Å². The molecule has 1 aliphatic heterocycles. The van der Waals surface area contributed by atoms with Crippen LogP contribution in [0.1, 0.15) is 36.5 Å². The molecule has 0 bridgehead atoms. The molecule has 0 saturated carbocycles. The maximum Gasteiger partial charge on any atom is 0.274 e. The first-order valence-corrected chi connectivity index (χ1v) is 13.6. The zero-order valence-corrected chi connectivity index (χ0v) is 22.2. The Morgan fingerprint density at radius 1 is 1.38 bits per heavy atom. The number of carbonyl (C=O) groups excluding carboxylic acids is 2. The number of nitro benzene ring substituents is 1. The molecule has 0 spiro atoms. The highest BCUT2D eigenvalue weighted by Crippen LogP contribution is 2.47. The van der Waals surface area contributed by atoms with E-state index in [1.165, 1.54) is 23.7 Å². The fourth-order valence-corrected chi connectivity index (χ4v) is 6.29. The van der Waals surface area contributed by atoms with Gasteiger partial charge < -0.3 is 15.5 Å². The van der Waals surface area contributed by atoms with Gasteiger partial charge in [0.05, 0.1) is 34.5 Å². The number of benzene rings is 1. The lowest BCUT2D eigenvalue weighted by Gasteiger charge is -2.37. The van der Waals surface area contributed by atoms with Crippen molar-refractivity contribution in [2.24, 2.45) is 5.73 Å². The second-order valence-electron chi connectivity index (χ2n) is 8.78. The summed E-state index contributed by atoms with van der Waals surface area (Å²) in [5.41, 5.74) is 8.54. The molecule has 198 valence electrons. The number of anilines is 2. The van der Waals surface area contributed by atoms with Crippen LogP contribution < -0.4 is 16.0 Å². The first-order chi connectivity index (χ1) is 18.8. The second kappa shape index (κ2) is 10.7. The number of nitrogens with two attached hydrogens (primary N) is 1. The highest BCUT2D eigenvalue weighted by atomic mass is 32.2. The highest BCUT2D eigenvalue weighted by molar-refractivity contribution is 8.01. The molecule has 0 radical (unpaired) electrons. The van der Waals surface area contributed by atoms with Crippen molar-refractivity contribution in [3.8, 4) is 6.07 Å². The summed E-state index contributed by atoms with van der Waals surface area (Å²) in [5.74, 6) is -0.530. The molecule has 14 heteroatoms. The van der Waals surface area contributed by atoms with E-state index >= 15 is 0 Å². The molecule has 1 aliphatic carbocycles. The number of hydrogen-bond acceptors (Lipinski definition) is 12. The molecule has 1 atom stereocenters. The van der Waals surface area contributed by atoms with E-state index in [1.54, 1.807) is 36.1 Å². The molecule has 39 heavy (non-hydrogen) atoms. The lowest BCUT2D eigenvalue weighted by Crippen LogP contribution is -2.38. The van der Waals surface area contributed by atoms with Crippen LogP contribution >= 0.6 is 23.1 Å².